The molecule has 0 heterocycles. The minimum atomic E-state index is -0.568. The van der Waals surface area contributed by atoms with E-state index in [2.05, 4.69) is 10.3 Å². The average molecular weight is 381 g/mol. The largest absolute Gasteiger partial charge is 0.370 e. The zero-order chi connectivity index (χ0) is 13.1. The molecular weight excluding hydrogens is 363 g/mol. The van der Waals surface area contributed by atoms with Crippen LogP contribution < -0.4 is 11.1 Å². The van der Waals surface area contributed by atoms with Gasteiger partial charge in [0, 0.05) is 24.6 Å². The molecule has 0 aliphatic heterocycles. The van der Waals surface area contributed by atoms with Crippen LogP contribution in [-0.2, 0) is 0 Å². The van der Waals surface area contributed by atoms with Gasteiger partial charge in [-0.3, -0.25) is 4.99 Å². The molecule has 1 saturated carbocycles. The van der Waals surface area contributed by atoms with E-state index in [1.54, 1.807) is 0 Å². The molecule has 0 aromatic heterocycles. The van der Waals surface area contributed by atoms with Crippen molar-refractivity contribution in [1.29, 1.82) is 0 Å². The van der Waals surface area contributed by atoms with Gasteiger partial charge in [0.2, 0.25) is 0 Å². The van der Waals surface area contributed by atoms with Crippen molar-refractivity contribution in [3.8, 4) is 0 Å². The highest BCUT2D eigenvalue weighted by Gasteiger charge is 2.21. The van der Waals surface area contributed by atoms with Gasteiger partial charge < -0.3 is 11.1 Å². The summed E-state index contributed by atoms with van der Waals surface area (Å²) in [6.45, 7) is 2.22. The molecule has 6 heteroatoms. The molecule has 19 heavy (non-hydrogen) atoms. The molecule has 1 aromatic carbocycles. The van der Waals surface area contributed by atoms with Gasteiger partial charge in [-0.15, -0.1) is 24.0 Å². The van der Waals surface area contributed by atoms with Gasteiger partial charge in [0.15, 0.2) is 5.96 Å². The standard InChI is InChI=1S/C13H17F2N3.HI/c1-8(7-17-13(16)18-10-3-4-10)11-5-2-9(14)6-12(11)15;/h2,5-6,8,10H,3-4,7H2,1H3,(H3,16,17,18);1H. The first-order valence-electron chi connectivity index (χ1n) is 6.07. The van der Waals surface area contributed by atoms with Crippen molar-refractivity contribution in [2.45, 2.75) is 31.7 Å². The molecule has 3 nitrogen and oxygen atoms in total. The number of halogens is 3. The van der Waals surface area contributed by atoms with Crippen molar-refractivity contribution >= 4 is 29.9 Å². The lowest BCUT2D eigenvalue weighted by Crippen LogP contribution is -2.33. The maximum absolute atomic E-state index is 13.5. The Hall–Kier alpha value is -0.920. The number of aliphatic imine (C=N–C) groups is 1. The molecule has 2 rings (SSSR count). The topological polar surface area (TPSA) is 50.4 Å². The molecule has 1 aliphatic carbocycles. The zero-order valence-electron chi connectivity index (χ0n) is 10.7. The van der Waals surface area contributed by atoms with Crippen LogP contribution in [0.1, 0.15) is 31.2 Å². The van der Waals surface area contributed by atoms with Crippen molar-refractivity contribution in [2.75, 3.05) is 6.54 Å². The lowest BCUT2D eigenvalue weighted by molar-refractivity contribution is 0.560. The maximum atomic E-state index is 13.5. The second-order valence-corrected chi connectivity index (χ2v) is 4.71. The highest BCUT2D eigenvalue weighted by molar-refractivity contribution is 14.0. The van der Waals surface area contributed by atoms with Gasteiger partial charge >= 0.3 is 0 Å². The van der Waals surface area contributed by atoms with Crippen LogP contribution in [0.2, 0.25) is 0 Å². The number of nitrogens with zero attached hydrogens (tertiary/aromatic N) is 1. The molecule has 1 aromatic rings. The highest BCUT2D eigenvalue weighted by Crippen LogP contribution is 2.20. The first kappa shape index (κ1) is 16.1. The molecule has 0 radical (unpaired) electrons. The zero-order valence-corrected chi connectivity index (χ0v) is 13.0. The van der Waals surface area contributed by atoms with Crippen LogP contribution in [0.25, 0.3) is 0 Å². The Kier molecular flexibility index (Phi) is 5.96. The van der Waals surface area contributed by atoms with Gasteiger partial charge in [0.05, 0.1) is 0 Å². The predicted octanol–water partition coefficient (Wildman–Crippen LogP) is 2.75. The van der Waals surface area contributed by atoms with Crippen LogP contribution in [0.15, 0.2) is 23.2 Å². The summed E-state index contributed by atoms with van der Waals surface area (Å²) in [7, 11) is 0. The fraction of sp³-hybridized carbons (Fsp3) is 0.462. The molecule has 106 valence electrons. The monoisotopic (exact) mass is 381 g/mol. The summed E-state index contributed by atoms with van der Waals surface area (Å²) in [5.74, 6) is -0.842. The van der Waals surface area contributed by atoms with Crippen LogP contribution in [0, 0.1) is 11.6 Å². The van der Waals surface area contributed by atoms with Gasteiger partial charge in [0.25, 0.3) is 0 Å². The van der Waals surface area contributed by atoms with E-state index in [9.17, 15) is 8.78 Å². The van der Waals surface area contributed by atoms with Crippen molar-refractivity contribution in [1.82, 2.24) is 5.32 Å². The van der Waals surface area contributed by atoms with Crippen LogP contribution in [0.5, 0.6) is 0 Å². The summed E-state index contributed by atoms with van der Waals surface area (Å²) >= 11 is 0. The van der Waals surface area contributed by atoms with Crippen LogP contribution >= 0.6 is 24.0 Å². The minimum absolute atomic E-state index is 0. The Bertz CT molecular complexity index is 461. The Labute approximate surface area is 128 Å². The molecule has 1 atom stereocenters. The predicted molar refractivity (Wildman–Crippen MR) is 82.8 cm³/mol. The van der Waals surface area contributed by atoms with Gasteiger partial charge in [-0.25, -0.2) is 8.78 Å². The Morgan fingerprint density at radius 2 is 2.16 bits per heavy atom. The third kappa shape index (κ3) is 4.93. The normalized spacial score (nSPS) is 16.7. The van der Waals surface area contributed by atoms with Gasteiger partial charge in [-0.1, -0.05) is 13.0 Å². The SMILES string of the molecule is CC(CN=C(N)NC1CC1)c1ccc(F)cc1F.I. The second kappa shape index (κ2) is 7.02. The molecule has 0 spiro atoms. The van der Waals surface area contributed by atoms with Crippen molar-refractivity contribution in [3.63, 3.8) is 0 Å². The number of hydrogen-bond donors (Lipinski definition) is 2. The van der Waals surface area contributed by atoms with E-state index in [0.717, 1.165) is 18.9 Å². The minimum Gasteiger partial charge on any atom is -0.370 e. The second-order valence-electron chi connectivity index (χ2n) is 4.71. The summed E-state index contributed by atoms with van der Waals surface area (Å²) < 4.78 is 26.3. The Balaban J connectivity index is 0.00000180. The van der Waals surface area contributed by atoms with Gasteiger partial charge in [-0.2, -0.15) is 0 Å². The highest BCUT2D eigenvalue weighted by atomic mass is 127. The molecule has 1 fully saturated rings. The first-order valence-corrected chi connectivity index (χ1v) is 6.07. The van der Waals surface area contributed by atoms with E-state index in [-0.39, 0.29) is 29.9 Å². The number of guanidine groups is 1. The van der Waals surface area contributed by atoms with Crippen molar-refractivity contribution < 1.29 is 8.78 Å². The van der Waals surface area contributed by atoms with Gasteiger partial charge in [0.1, 0.15) is 11.6 Å². The fourth-order valence-corrected chi connectivity index (χ4v) is 1.72. The van der Waals surface area contributed by atoms with Crippen LogP contribution in [0.4, 0.5) is 8.78 Å². The number of benzene rings is 1. The lowest BCUT2D eigenvalue weighted by Gasteiger charge is -2.11. The van der Waals surface area contributed by atoms with E-state index < -0.39 is 11.6 Å². The third-order valence-corrected chi connectivity index (χ3v) is 2.96. The molecule has 1 aliphatic rings. The number of hydrogen-bond acceptors (Lipinski definition) is 1. The fourth-order valence-electron chi connectivity index (χ4n) is 1.72. The Morgan fingerprint density at radius 1 is 1.47 bits per heavy atom. The van der Waals surface area contributed by atoms with E-state index >= 15 is 0 Å². The van der Waals surface area contributed by atoms with Crippen molar-refractivity contribution in [2.24, 2.45) is 10.7 Å². The summed E-state index contributed by atoms with van der Waals surface area (Å²) in [4.78, 5) is 4.17. The third-order valence-electron chi connectivity index (χ3n) is 2.96. The van der Waals surface area contributed by atoms with Gasteiger partial charge in [-0.05, 0) is 24.5 Å². The molecule has 1 unspecified atom stereocenters. The average Bonchev–Trinajstić information content (AvgIpc) is 3.10. The van der Waals surface area contributed by atoms with E-state index in [1.807, 2.05) is 6.92 Å². The van der Waals surface area contributed by atoms with Crippen molar-refractivity contribution in [3.05, 3.63) is 35.4 Å². The summed E-state index contributed by atoms with van der Waals surface area (Å²) in [6, 6.07) is 4.05. The number of nitrogens with two attached hydrogens (primary N) is 1. The maximum Gasteiger partial charge on any atom is 0.188 e. The number of nitrogens with one attached hydrogen (secondary N) is 1. The molecule has 0 amide bonds. The summed E-state index contributed by atoms with van der Waals surface area (Å²) in [5, 5.41) is 3.06. The van der Waals surface area contributed by atoms with Crippen LogP contribution in [0.3, 0.4) is 0 Å². The lowest BCUT2D eigenvalue weighted by atomic mass is 10.0. The first-order chi connectivity index (χ1) is 8.56. The number of rotatable bonds is 4. The van der Waals surface area contributed by atoms with E-state index in [0.29, 0.717) is 24.1 Å². The quantitative estimate of drug-likeness (QED) is 0.479. The summed E-state index contributed by atoms with van der Waals surface area (Å²) in [5.41, 5.74) is 6.15. The smallest absolute Gasteiger partial charge is 0.188 e. The summed E-state index contributed by atoms with van der Waals surface area (Å²) in [6.07, 6.45) is 2.25. The molecule has 3 N–H and O–H groups in total. The van der Waals surface area contributed by atoms with E-state index in [4.69, 9.17) is 5.73 Å². The van der Waals surface area contributed by atoms with Crippen LogP contribution in [-0.4, -0.2) is 18.5 Å². The molecular formula is C13H18F2IN3. The molecule has 0 saturated heterocycles. The van der Waals surface area contributed by atoms with E-state index in [1.165, 1.54) is 12.1 Å². The molecule has 0 bridgehead atoms. The Morgan fingerprint density at radius 3 is 2.74 bits per heavy atom.